The maximum absolute atomic E-state index is 12.0. The molecule has 0 unspecified atom stereocenters. The Morgan fingerprint density at radius 1 is 1.33 bits per heavy atom. The number of hydrogen-bond donors (Lipinski definition) is 1. The van der Waals surface area contributed by atoms with Gasteiger partial charge in [-0.2, -0.15) is 0 Å². The molecule has 1 aliphatic rings. The molecule has 0 aliphatic heterocycles. The van der Waals surface area contributed by atoms with Gasteiger partial charge in [0.05, 0.1) is 5.56 Å². The van der Waals surface area contributed by atoms with Crippen molar-refractivity contribution in [3.63, 3.8) is 0 Å². The summed E-state index contributed by atoms with van der Waals surface area (Å²) in [7, 11) is 0. The zero-order valence-electron chi connectivity index (χ0n) is 10.4. The van der Waals surface area contributed by atoms with Crippen LogP contribution in [0.25, 0.3) is 0 Å². The zero-order chi connectivity index (χ0) is 13.1. The Morgan fingerprint density at radius 2 is 2.00 bits per heavy atom. The summed E-state index contributed by atoms with van der Waals surface area (Å²) in [6.07, 6.45) is 4.32. The highest BCUT2D eigenvalue weighted by Crippen LogP contribution is 2.27. The highest BCUT2D eigenvalue weighted by atomic mass is 79.9. The molecule has 18 heavy (non-hydrogen) atoms. The lowest BCUT2D eigenvalue weighted by Crippen LogP contribution is -2.23. The molecule has 1 aliphatic carbocycles. The van der Waals surface area contributed by atoms with Crippen molar-refractivity contribution in [2.75, 3.05) is 0 Å². The number of esters is 1. The van der Waals surface area contributed by atoms with E-state index in [1.807, 2.05) is 12.1 Å². The van der Waals surface area contributed by atoms with Gasteiger partial charge in [-0.05, 0) is 49.8 Å². The van der Waals surface area contributed by atoms with Crippen LogP contribution in [0, 0.1) is 5.92 Å². The molecule has 1 saturated carbocycles. The van der Waals surface area contributed by atoms with Crippen LogP contribution in [0.15, 0.2) is 27.6 Å². The number of ether oxygens (including phenoxy) is 1. The normalized spacial score (nSPS) is 23.7. The van der Waals surface area contributed by atoms with Gasteiger partial charge in [-0.25, -0.2) is 4.79 Å². The predicted molar refractivity (Wildman–Crippen MR) is 78.2 cm³/mol. The Kier molecular flexibility index (Phi) is 4.73. The van der Waals surface area contributed by atoms with Gasteiger partial charge < -0.3 is 4.74 Å². The van der Waals surface area contributed by atoms with Gasteiger partial charge in [-0.1, -0.05) is 22.9 Å². The summed E-state index contributed by atoms with van der Waals surface area (Å²) in [5.41, 5.74) is 0.542. The molecular formula is C14H17BrO2S. The van der Waals surface area contributed by atoms with Crippen LogP contribution in [0.5, 0.6) is 0 Å². The van der Waals surface area contributed by atoms with Gasteiger partial charge >= 0.3 is 5.97 Å². The molecule has 0 amide bonds. The van der Waals surface area contributed by atoms with Crippen LogP contribution in [0.1, 0.15) is 43.0 Å². The summed E-state index contributed by atoms with van der Waals surface area (Å²) >= 11 is 7.66. The van der Waals surface area contributed by atoms with Crippen molar-refractivity contribution >= 4 is 34.5 Å². The topological polar surface area (TPSA) is 26.3 Å². The summed E-state index contributed by atoms with van der Waals surface area (Å²) in [6, 6.07) is 5.39. The van der Waals surface area contributed by atoms with E-state index in [2.05, 4.69) is 35.5 Å². The third-order valence-electron chi connectivity index (χ3n) is 3.42. The highest BCUT2D eigenvalue weighted by Gasteiger charge is 2.22. The molecule has 0 radical (unpaired) electrons. The van der Waals surface area contributed by atoms with Gasteiger partial charge in [0.15, 0.2) is 0 Å². The van der Waals surface area contributed by atoms with Gasteiger partial charge in [-0.3, -0.25) is 0 Å². The van der Waals surface area contributed by atoms with E-state index in [0.717, 1.165) is 36.1 Å². The van der Waals surface area contributed by atoms with Gasteiger partial charge in [0, 0.05) is 9.37 Å². The molecule has 0 atom stereocenters. The lowest BCUT2D eigenvalue weighted by molar-refractivity contribution is 0.0170. The van der Waals surface area contributed by atoms with Crippen molar-refractivity contribution in [1.29, 1.82) is 0 Å². The molecule has 0 saturated heterocycles. The molecule has 2 nitrogen and oxygen atoms in total. The fourth-order valence-electron chi connectivity index (χ4n) is 2.24. The predicted octanol–water partition coefficient (Wildman–Crippen LogP) is 4.47. The van der Waals surface area contributed by atoms with Crippen molar-refractivity contribution in [2.24, 2.45) is 5.92 Å². The van der Waals surface area contributed by atoms with Gasteiger partial charge in [0.2, 0.25) is 0 Å². The first kappa shape index (κ1) is 13.9. The molecule has 0 aromatic heterocycles. The van der Waals surface area contributed by atoms with Crippen molar-refractivity contribution in [2.45, 2.75) is 43.6 Å². The second-order valence-corrected chi connectivity index (χ2v) is 6.35. The second-order valence-electron chi connectivity index (χ2n) is 4.95. The Balaban J connectivity index is 1.99. The number of thiol groups is 1. The van der Waals surface area contributed by atoms with E-state index in [9.17, 15) is 4.79 Å². The van der Waals surface area contributed by atoms with Crippen LogP contribution in [-0.4, -0.2) is 12.1 Å². The molecule has 0 bridgehead atoms. The van der Waals surface area contributed by atoms with Crippen LogP contribution in [0.3, 0.4) is 0 Å². The molecule has 98 valence electrons. The second kappa shape index (κ2) is 6.11. The third-order valence-corrected chi connectivity index (χ3v) is 4.28. The highest BCUT2D eigenvalue weighted by molar-refractivity contribution is 9.10. The summed E-state index contributed by atoms with van der Waals surface area (Å²) in [6.45, 7) is 2.25. The van der Waals surface area contributed by atoms with E-state index >= 15 is 0 Å². The van der Waals surface area contributed by atoms with E-state index in [1.54, 1.807) is 6.07 Å². The Hall–Kier alpha value is -0.480. The number of rotatable bonds is 2. The maximum Gasteiger partial charge on any atom is 0.339 e. The van der Waals surface area contributed by atoms with Gasteiger partial charge in [0.1, 0.15) is 6.10 Å². The molecule has 1 aromatic carbocycles. The summed E-state index contributed by atoms with van der Waals surface area (Å²) < 4.78 is 6.46. The summed E-state index contributed by atoms with van der Waals surface area (Å²) in [5.74, 6) is 0.500. The van der Waals surface area contributed by atoms with Crippen LogP contribution in [-0.2, 0) is 4.74 Å². The molecule has 1 fully saturated rings. The first-order chi connectivity index (χ1) is 8.56. The lowest BCUT2D eigenvalue weighted by Gasteiger charge is -2.26. The first-order valence-corrected chi connectivity index (χ1v) is 7.50. The number of hydrogen-bond acceptors (Lipinski definition) is 3. The van der Waals surface area contributed by atoms with Crippen molar-refractivity contribution < 1.29 is 9.53 Å². The monoisotopic (exact) mass is 328 g/mol. The van der Waals surface area contributed by atoms with Crippen molar-refractivity contribution in [3.05, 3.63) is 28.2 Å². The number of carbonyl (C=O) groups excluding carboxylic acids is 1. The van der Waals surface area contributed by atoms with Crippen molar-refractivity contribution in [3.8, 4) is 0 Å². The standard InChI is InChI=1S/C14H17BrO2S/c1-9-2-5-11(6-3-9)17-14(16)12-7-4-10(15)8-13(12)18/h4,7-9,11,18H,2-3,5-6H2,1H3. The van der Waals surface area contributed by atoms with E-state index in [-0.39, 0.29) is 12.1 Å². The van der Waals surface area contributed by atoms with E-state index in [1.165, 1.54) is 0 Å². The van der Waals surface area contributed by atoms with Crippen LogP contribution in [0.2, 0.25) is 0 Å². The Bertz CT molecular complexity index is 439. The third kappa shape index (κ3) is 3.51. The smallest absolute Gasteiger partial charge is 0.339 e. The van der Waals surface area contributed by atoms with E-state index in [4.69, 9.17) is 4.74 Å². The average Bonchev–Trinajstić information content (AvgIpc) is 2.32. The van der Waals surface area contributed by atoms with Crippen LogP contribution < -0.4 is 0 Å². The quantitative estimate of drug-likeness (QED) is 0.640. The fraction of sp³-hybridized carbons (Fsp3) is 0.500. The number of carbonyl (C=O) groups is 1. The fourth-order valence-corrected chi connectivity index (χ4v) is 3.08. The Labute approximate surface area is 122 Å². The molecular weight excluding hydrogens is 312 g/mol. The maximum atomic E-state index is 12.0. The summed E-state index contributed by atoms with van der Waals surface area (Å²) in [5, 5.41) is 0. The molecule has 4 heteroatoms. The zero-order valence-corrected chi connectivity index (χ0v) is 12.8. The molecule has 0 N–H and O–H groups in total. The van der Waals surface area contributed by atoms with E-state index in [0.29, 0.717) is 10.5 Å². The van der Waals surface area contributed by atoms with Gasteiger partial charge in [0.25, 0.3) is 0 Å². The minimum absolute atomic E-state index is 0.0741. The summed E-state index contributed by atoms with van der Waals surface area (Å²) in [4.78, 5) is 12.7. The lowest BCUT2D eigenvalue weighted by atomic mass is 9.89. The molecule has 0 spiro atoms. The van der Waals surface area contributed by atoms with E-state index < -0.39 is 0 Å². The number of halogens is 1. The largest absolute Gasteiger partial charge is 0.459 e. The molecule has 2 rings (SSSR count). The minimum atomic E-state index is -0.257. The SMILES string of the molecule is CC1CCC(OC(=O)c2ccc(Br)cc2S)CC1. The Morgan fingerprint density at radius 3 is 2.61 bits per heavy atom. The first-order valence-electron chi connectivity index (χ1n) is 6.25. The van der Waals surface area contributed by atoms with Crippen LogP contribution >= 0.6 is 28.6 Å². The minimum Gasteiger partial charge on any atom is -0.459 e. The average molecular weight is 329 g/mol. The number of benzene rings is 1. The molecule has 0 heterocycles. The van der Waals surface area contributed by atoms with Gasteiger partial charge in [-0.15, -0.1) is 12.6 Å². The molecule has 1 aromatic rings. The van der Waals surface area contributed by atoms with Crippen LogP contribution in [0.4, 0.5) is 0 Å². The van der Waals surface area contributed by atoms with Crippen molar-refractivity contribution in [1.82, 2.24) is 0 Å².